The molecule has 1 fully saturated rings. The normalized spacial score (nSPS) is 15.3. The molecule has 220 valence electrons. The van der Waals surface area contributed by atoms with Gasteiger partial charge in [0.05, 0.1) is 12.8 Å². The number of urea groups is 1. The van der Waals surface area contributed by atoms with E-state index in [4.69, 9.17) is 10.5 Å². The van der Waals surface area contributed by atoms with Gasteiger partial charge in [0.1, 0.15) is 11.8 Å². The lowest BCUT2D eigenvalue weighted by Gasteiger charge is -2.34. The van der Waals surface area contributed by atoms with Gasteiger partial charge in [-0.1, -0.05) is 55.5 Å². The minimum absolute atomic E-state index is 0.228. The number of anilines is 1. The first-order valence-corrected chi connectivity index (χ1v) is 14.7. The van der Waals surface area contributed by atoms with Gasteiger partial charge in [0.2, 0.25) is 5.91 Å². The fourth-order valence-electron chi connectivity index (χ4n) is 6.12. The molecule has 1 aromatic heterocycles. The van der Waals surface area contributed by atoms with Gasteiger partial charge in [-0.15, -0.1) is 0 Å². The van der Waals surface area contributed by atoms with Crippen LogP contribution in [0.5, 0.6) is 5.75 Å². The third-order valence-electron chi connectivity index (χ3n) is 8.54. The molecule has 4 aromatic rings. The number of H-pyrrole nitrogens is 1. The molecule has 5 rings (SSSR count). The molecule has 1 aliphatic rings. The third-order valence-corrected chi connectivity index (χ3v) is 8.54. The Hall–Kier alpha value is -4.30. The molecule has 1 saturated heterocycles. The molecule has 8 heteroatoms. The second kappa shape index (κ2) is 13.1. The summed E-state index contributed by atoms with van der Waals surface area (Å²) in [7, 11) is 1.57. The van der Waals surface area contributed by atoms with Gasteiger partial charge in [-0.3, -0.25) is 4.79 Å². The molecule has 0 bridgehead atoms. The highest BCUT2D eigenvalue weighted by Crippen LogP contribution is 2.32. The van der Waals surface area contributed by atoms with Crippen molar-refractivity contribution >= 4 is 28.5 Å². The number of likely N-dealkylation sites (tertiary alicyclic amines) is 1. The smallest absolute Gasteiger partial charge is 0.318 e. The van der Waals surface area contributed by atoms with E-state index >= 15 is 0 Å². The Morgan fingerprint density at radius 2 is 1.81 bits per heavy atom. The maximum absolute atomic E-state index is 14.0. The number of benzene rings is 3. The summed E-state index contributed by atoms with van der Waals surface area (Å²) in [5.74, 6) is 0.354. The molecule has 3 aromatic carbocycles. The van der Waals surface area contributed by atoms with Crippen molar-refractivity contribution in [1.29, 1.82) is 0 Å². The van der Waals surface area contributed by atoms with Crippen LogP contribution in [0.4, 0.5) is 10.5 Å². The minimum Gasteiger partial charge on any atom is -0.495 e. The first kappa shape index (κ1) is 29.2. The average molecular weight is 568 g/mol. The number of nitrogens with two attached hydrogens (primary N) is 1. The summed E-state index contributed by atoms with van der Waals surface area (Å²) < 4.78 is 5.53. The van der Waals surface area contributed by atoms with Crippen LogP contribution in [0, 0.1) is 6.92 Å². The highest BCUT2D eigenvalue weighted by molar-refractivity contribution is 5.99. The molecule has 3 amide bonds. The predicted octanol–water partition coefficient (Wildman–Crippen LogP) is 5.69. The van der Waals surface area contributed by atoms with Crippen LogP contribution in [0.1, 0.15) is 53.9 Å². The van der Waals surface area contributed by atoms with Crippen LogP contribution in [0.15, 0.2) is 72.9 Å². The second-order valence-corrected chi connectivity index (χ2v) is 11.2. The SMILES string of the molecule is COc1ccc(CCN)cc1NC(=O)C(NC(=O)N1CCC(c2ccccc2C)CC1)C(C)c1c[nH]c2ccccc12. The summed E-state index contributed by atoms with van der Waals surface area (Å²) in [5, 5.41) is 7.18. The number of nitrogens with zero attached hydrogens (tertiary/aromatic N) is 1. The van der Waals surface area contributed by atoms with Gasteiger partial charge < -0.3 is 31.0 Å². The zero-order chi connectivity index (χ0) is 29.6. The van der Waals surface area contributed by atoms with Crippen LogP contribution < -0.4 is 21.1 Å². The van der Waals surface area contributed by atoms with Crippen LogP contribution in [0.2, 0.25) is 0 Å². The maximum atomic E-state index is 14.0. The lowest BCUT2D eigenvalue weighted by atomic mass is 9.87. The van der Waals surface area contributed by atoms with E-state index in [1.807, 2.05) is 60.5 Å². The van der Waals surface area contributed by atoms with Crippen molar-refractivity contribution in [1.82, 2.24) is 15.2 Å². The van der Waals surface area contributed by atoms with Gasteiger partial charge >= 0.3 is 6.03 Å². The van der Waals surface area contributed by atoms with E-state index in [2.05, 4.69) is 46.8 Å². The minimum atomic E-state index is -0.825. The standard InChI is InChI=1S/C34H41N5O3/c1-22-8-4-5-9-26(22)25-15-18-39(19-16-25)34(41)38-32(23(2)28-21-36-29-11-7-6-10-27(28)29)33(40)37-30-20-24(14-17-35)12-13-31(30)42-3/h4-13,20-21,23,25,32,36H,14-19,35H2,1-3H3,(H,37,40)(H,38,41). The molecule has 2 heterocycles. The predicted molar refractivity (Wildman–Crippen MR) is 168 cm³/mol. The zero-order valence-corrected chi connectivity index (χ0v) is 24.7. The van der Waals surface area contributed by atoms with Crippen LogP contribution in [0.25, 0.3) is 10.9 Å². The fraction of sp³-hybridized carbons (Fsp3) is 0.353. The van der Waals surface area contributed by atoms with Crippen LogP contribution in [-0.2, 0) is 11.2 Å². The number of carbonyl (C=O) groups is 2. The maximum Gasteiger partial charge on any atom is 0.318 e. The number of aryl methyl sites for hydroxylation is 1. The largest absolute Gasteiger partial charge is 0.495 e. The number of piperidine rings is 1. The lowest BCUT2D eigenvalue weighted by Crippen LogP contribution is -2.53. The Balaban J connectivity index is 1.37. The van der Waals surface area contributed by atoms with Gasteiger partial charge in [0, 0.05) is 36.1 Å². The molecule has 42 heavy (non-hydrogen) atoms. The summed E-state index contributed by atoms with van der Waals surface area (Å²) >= 11 is 0. The monoisotopic (exact) mass is 567 g/mol. The summed E-state index contributed by atoms with van der Waals surface area (Å²) in [6.07, 6.45) is 4.38. The van der Waals surface area contributed by atoms with Crippen LogP contribution in [-0.4, -0.2) is 54.6 Å². The Morgan fingerprint density at radius 3 is 2.55 bits per heavy atom. The van der Waals surface area contributed by atoms with E-state index in [-0.39, 0.29) is 17.9 Å². The molecule has 2 atom stereocenters. The number of carbonyl (C=O) groups excluding carboxylic acids is 2. The van der Waals surface area contributed by atoms with E-state index in [0.29, 0.717) is 43.4 Å². The zero-order valence-electron chi connectivity index (χ0n) is 24.7. The number of para-hydroxylation sites is 1. The molecular formula is C34H41N5O3. The molecule has 0 radical (unpaired) electrons. The molecule has 0 aliphatic carbocycles. The van der Waals surface area contributed by atoms with Crippen molar-refractivity contribution < 1.29 is 14.3 Å². The Kier molecular flexibility index (Phi) is 9.12. The van der Waals surface area contributed by atoms with Crippen molar-refractivity contribution in [2.45, 2.75) is 51.0 Å². The highest BCUT2D eigenvalue weighted by atomic mass is 16.5. The third kappa shape index (κ3) is 6.29. The molecule has 2 unspecified atom stereocenters. The number of aromatic amines is 1. The fourth-order valence-corrected chi connectivity index (χ4v) is 6.12. The second-order valence-electron chi connectivity index (χ2n) is 11.2. The Morgan fingerprint density at radius 1 is 1.07 bits per heavy atom. The van der Waals surface area contributed by atoms with E-state index < -0.39 is 6.04 Å². The van der Waals surface area contributed by atoms with Crippen molar-refractivity contribution in [3.8, 4) is 5.75 Å². The number of hydrogen-bond donors (Lipinski definition) is 4. The number of methoxy groups -OCH3 is 1. The number of nitrogens with one attached hydrogen (secondary N) is 3. The van der Waals surface area contributed by atoms with Gasteiger partial charge in [-0.2, -0.15) is 0 Å². The van der Waals surface area contributed by atoms with Crippen molar-refractivity contribution in [2.24, 2.45) is 5.73 Å². The topological polar surface area (TPSA) is 112 Å². The Bertz CT molecular complexity index is 1540. The summed E-state index contributed by atoms with van der Waals surface area (Å²) in [6, 6.07) is 21.1. The number of fused-ring (bicyclic) bond motifs is 1. The Labute approximate surface area is 247 Å². The molecule has 0 spiro atoms. The first-order chi connectivity index (χ1) is 20.4. The van der Waals surface area contributed by atoms with E-state index in [1.165, 1.54) is 11.1 Å². The first-order valence-electron chi connectivity index (χ1n) is 14.7. The molecule has 8 nitrogen and oxygen atoms in total. The molecule has 1 aliphatic heterocycles. The van der Waals surface area contributed by atoms with Gasteiger partial charge in [0.15, 0.2) is 0 Å². The summed E-state index contributed by atoms with van der Waals surface area (Å²) in [6.45, 7) is 5.89. The number of aromatic nitrogens is 1. The van der Waals surface area contributed by atoms with Gasteiger partial charge in [0.25, 0.3) is 0 Å². The van der Waals surface area contributed by atoms with E-state index in [0.717, 1.165) is 34.9 Å². The number of amides is 3. The van der Waals surface area contributed by atoms with Crippen molar-refractivity contribution in [2.75, 3.05) is 32.1 Å². The van der Waals surface area contributed by atoms with Crippen LogP contribution >= 0.6 is 0 Å². The van der Waals surface area contributed by atoms with Gasteiger partial charge in [-0.25, -0.2) is 4.79 Å². The van der Waals surface area contributed by atoms with Crippen molar-refractivity contribution in [3.63, 3.8) is 0 Å². The summed E-state index contributed by atoms with van der Waals surface area (Å²) in [5.41, 5.74) is 11.9. The van der Waals surface area contributed by atoms with Gasteiger partial charge in [-0.05, 0) is 79.1 Å². The quantitative estimate of drug-likeness (QED) is 0.208. The highest BCUT2D eigenvalue weighted by Gasteiger charge is 2.33. The number of rotatable bonds is 9. The van der Waals surface area contributed by atoms with E-state index in [1.54, 1.807) is 7.11 Å². The average Bonchev–Trinajstić information content (AvgIpc) is 3.44. The lowest BCUT2D eigenvalue weighted by molar-refractivity contribution is -0.118. The number of ether oxygens (including phenoxy) is 1. The molecular weight excluding hydrogens is 526 g/mol. The summed E-state index contributed by atoms with van der Waals surface area (Å²) in [4.78, 5) is 32.8. The van der Waals surface area contributed by atoms with Crippen LogP contribution in [0.3, 0.4) is 0 Å². The number of hydrogen-bond acceptors (Lipinski definition) is 4. The van der Waals surface area contributed by atoms with Crippen molar-refractivity contribution in [3.05, 3.63) is 95.2 Å². The molecule has 0 saturated carbocycles. The molecule has 5 N–H and O–H groups in total. The van der Waals surface area contributed by atoms with E-state index in [9.17, 15) is 9.59 Å².